The number of aliphatic hydroxyl groups excluding tert-OH is 1. The van der Waals surface area contributed by atoms with Crippen LogP contribution in [0.5, 0.6) is 0 Å². The van der Waals surface area contributed by atoms with E-state index in [9.17, 15) is 14.7 Å². The van der Waals surface area contributed by atoms with Crippen LogP contribution in [0, 0.1) is 5.41 Å². The quantitative estimate of drug-likeness (QED) is 0.636. The van der Waals surface area contributed by atoms with Gasteiger partial charge in [-0.25, -0.2) is 0 Å². The van der Waals surface area contributed by atoms with Crippen molar-refractivity contribution >= 4 is 28.8 Å². The lowest BCUT2D eigenvalue weighted by atomic mass is 9.82. The number of carbonyl (C=O) groups is 2. The molecule has 6 heteroatoms. The molecule has 1 N–H and O–H groups in total. The molecule has 1 heterocycles. The fraction of sp³-hybridized carbons (Fsp3) is 0.407. The molecule has 0 aliphatic carbocycles. The molecular formula is C27H35N3O3. The molecule has 2 aromatic carbocycles. The van der Waals surface area contributed by atoms with Crippen molar-refractivity contribution in [3.05, 3.63) is 65.4 Å². The van der Waals surface area contributed by atoms with E-state index < -0.39 is 23.1 Å². The van der Waals surface area contributed by atoms with E-state index in [1.807, 2.05) is 67.5 Å². The number of nitrogens with zero attached hydrogens (tertiary/aromatic N) is 3. The monoisotopic (exact) mass is 449 g/mol. The summed E-state index contributed by atoms with van der Waals surface area (Å²) < 4.78 is 0. The summed E-state index contributed by atoms with van der Waals surface area (Å²) >= 11 is 0. The van der Waals surface area contributed by atoms with Crippen LogP contribution >= 0.6 is 0 Å². The van der Waals surface area contributed by atoms with E-state index in [1.165, 1.54) is 4.90 Å². The third-order valence-electron chi connectivity index (χ3n) is 6.12. The predicted octanol–water partition coefficient (Wildman–Crippen LogP) is 5.11. The summed E-state index contributed by atoms with van der Waals surface area (Å²) in [6.45, 7) is 11.4. The molecule has 1 aliphatic heterocycles. The van der Waals surface area contributed by atoms with Crippen molar-refractivity contribution in [2.75, 3.05) is 41.9 Å². The summed E-state index contributed by atoms with van der Waals surface area (Å²) in [6.07, 6.45) is 0. The number of hydrogen-bond acceptors (Lipinski definition) is 5. The maximum atomic E-state index is 13.4. The molecule has 2 aromatic rings. The second-order valence-corrected chi connectivity index (χ2v) is 9.59. The van der Waals surface area contributed by atoms with E-state index in [0.717, 1.165) is 30.0 Å². The predicted molar refractivity (Wildman–Crippen MR) is 135 cm³/mol. The third-order valence-corrected chi connectivity index (χ3v) is 6.12. The van der Waals surface area contributed by atoms with E-state index in [0.29, 0.717) is 5.69 Å². The summed E-state index contributed by atoms with van der Waals surface area (Å²) in [5.41, 5.74) is 2.90. The van der Waals surface area contributed by atoms with Crippen molar-refractivity contribution in [3.63, 3.8) is 0 Å². The molecule has 1 atom stereocenters. The van der Waals surface area contributed by atoms with Crippen LogP contribution in [-0.2, 0) is 9.59 Å². The average Bonchev–Trinajstić information content (AvgIpc) is 3.04. The minimum Gasteiger partial charge on any atom is -0.503 e. The number of rotatable bonds is 7. The van der Waals surface area contributed by atoms with Crippen LogP contribution < -0.4 is 14.7 Å². The first-order valence-electron chi connectivity index (χ1n) is 11.4. The Labute approximate surface area is 197 Å². The summed E-state index contributed by atoms with van der Waals surface area (Å²) in [5.74, 6) is -1.26. The molecule has 3 rings (SSSR count). The van der Waals surface area contributed by atoms with Gasteiger partial charge >= 0.3 is 0 Å². The highest BCUT2D eigenvalue weighted by Gasteiger charge is 2.46. The first kappa shape index (κ1) is 24.4. The van der Waals surface area contributed by atoms with Gasteiger partial charge in [-0.3, -0.25) is 14.5 Å². The van der Waals surface area contributed by atoms with Crippen molar-refractivity contribution in [3.8, 4) is 0 Å². The second-order valence-electron chi connectivity index (χ2n) is 9.59. The maximum absolute atomic E-state index is 13.4. The highest BCUT2D eigenvalue weighted by atomic mass is 16.3. The fourth-order valence-corrected chi connectivity index (χ4v) is 4.19. The van der Waals surface area contributed by atoms with E-state index >= 15 is 0 Å². The number of hydrogen-bond donors (Lipinski definition) is 1. The van der Waals surface area contributed by atoms with Crippen molar-refractivity contribution in [1.29, 1.82) is 0 Å². The molecule has 0 spiro atoms. The van der Waals surface area contributed by atoms with Crippen LogP contribution in [0.15, 0.2) is 59.9 Å². The SMILES string of the molecule is CCN(CC)c1ccc(C2C(C(=O)C(C)(C)C)=C(O)C(=O)N2c2ccc(N(C)C)cc2)cc1. The first-order valence-corrected chi connectivity index (χ1v) is 11.4. The Bertz CT molecular complexity index is 1040. The minimum absolute atomic E-state index is 0.153. The molecule has 1 unspecified atom stereocenters. The van der Waals surface area contributed by atoms with E-state index in [2.05, 4.69) is 18.7 Å². The van der Waals surface area contributed by atoms with Crippen molar-refractivity contribution in [2.24, 2.45) is 5.41 Å². The molecular weight excluding hydrogens is 414 g/mol. The van der Waals surface area contributed by atoms with Crippen LogP contribution in [0.3, 0.4) is 0 Å². The van der Waals surface area contributed by atoms with Crippen molar-refractivity contribution in [2.45, 2.75) is 40.7 Å². The molecule has 0 aromatic heterocycles. The largest absolute Gasteiger partial charge is 0.503 e. The molecule has 0 saturated carbocycles. The van der Waals surface area contributed by atoms with Gasteiger partial charge in [-0.05, 0) is 55.8 Å². The van der Waals surface area contributed by atoms with Gasteiger partial charge < -0.3 is 14.9 Å². The summed E-state index contributed by atoms with van der Waals surface area (Å²) in [5, 5.41) is 10.9. The Hall–Kier alpha value is -3.28. The Balaban J connectivity index is 2.13. The fourth-order valence-electron chi connectivity index (χ4n) is 4.19. The smallest absolute Gasteiger partial charge is 0.294 e. The number of anilines is 3. The molecule has 0 bridgehead atoms. The number of amides is 1. The van der Waals surface area contributed by atoms with Crippen LogP contribution in [0.25, 0.3) is 0 Å². The Kier molecular flexibility index (Phi) is 6.86. The van der Waals surface area contributed by atoms with Gasteiger partial charge in [0.15, 0.2) is 11.5 Å². The zero-order valence-corrected chi connectivity index (χ0v) is 20.7. The van der Waals surface area contributed by atoms with E-state index in [1.54, 1.807) is 20.8 Å². The normalized spacial score (nSPS) is 16.4. The Morgan fingerprint density at radius 3 is 1.91 bits per heavy atom. The van der Waals surface area contributed by atoms with Gasteiger partial charge in [0.2, 0.25) is 0 Å². The van der Waals surface area contributed by atoms with Crippen LogP contribution in [0.2, 0.25) is 0 Å². The van der Waals surface area contributed by atoms with Gasteiger partial charge in [-0.2, -0.15) is 0 Å². The number of ketones is 1. The summed E-state index contributed by atoms with van der Waals surface area (Å²) in [4.78, 5) is 32.4. The second kappa shape index (κ2) is 9.30. The number of aliphatic hydroxyl groups is 1. The van der Waals surface area contributed by atoms with Gasteiger partial charge in [-0.1, -0.05) is 32.9 Å². The van der Waals surface area contributed by atoms with Crippen molar-refractivity contribution < 1.29 is 14.7 Å². The Morgan fingerprint density at radius 1 is 0.939 bits per heavy atom. The summed E-state index contributed by atoms with van der Waals surface area (Å²) in [7, 11) is 3.90. The number of carbonyl (C=O) groups excluding carboxylic acids is 2. The van der Waals surface area contributed by atoms with Gasteiger partial charge in [-0.15, -0.1) is 0 Å². The molecule has 33 heavy (non-hydrogen) atoms. The lowest BCUT2D eigenvalue weighted by Crippen LogP contribution is -2.33. The highest BCUT2D eigenvalue weighted by Crippen LogP contribution is 2.43. The zero-order valence-electron chi connectivity index (χ0n) is 20.7. The minimum atomic E-state index is -0.742. The van der Waals surface area contributed by atoms with Gasteiger partial charge in [0.1, 0.15) is 0 Å². The first-order chi connectivity index (χ1) is 15.5. The number of Topliss-reactive ketones (excluding diaryl/α,β-unsaturated/α-hetero) is 1. The maximum Gasteiger partial charge on any atom is 0.294 e. The zero-order chi connectivity index (χ0) is 24.5. The number of benzene rings is 2. The van der Waals surface area contributed by atoms with Gasteiger partial charge in [0, 0.05) is 49.7 Å². The molecule has 1 amide bonds. The van der Waals surface area contributed by atoms with Crippen molar-refractivity contribution in [1.82, 2.24) is 0 Å². The van der Waals surface area contributed by atoms with E-state index in [-0.39, 0.29) is 11.4 Å². The van der Waals surface area contributed by atoms with Gasteiger partial charge in [0.05, 0.1) is 11.6 Å². The molecule has 1 aliphatic rings. The lowest BCUT2D eigenvalue weighted by molar-refractivity contribution is -0.123. The molecule has 0 radical (unpaired) electrons. The van der Waals surface area contributed by atoms with Gasteiger partial charge in [0.25, 0.3) is 5.91 Å². The van der Waals surface area contributed by atoms with Crippen LogP contribution in [-0.4, -0.2) is 44.0 Å². The third kappa shape index (κ3) is 4.61. The standard InChI is InChI=1S/C27H35N3O3/c1-8-29(9-2)20-12-10-18(11-13-20)23-22(25(32)27(3,4)5)24(31)26(33)30(23)21-16-14-19(15-17-21)28(6)7/h10-17,23,31H,8-9H2,1-7H3. The molecule has 0 saturated heterocycles. The van der Waals surface area contributed by atoms with Crippen LogP contribution in [0.1, 0.15) is 46.2 Å². The highest BCUT2D eigenvalue weighted by molar-refractivity contribution is 6.17. The Morgan fingerprint density at radius 2 is 1.45 bits per heavy atom. The summed E-state index contributed by atoms with van der Waals surface area (Å²) in [6, 6.07) is 14.8. The lowest BCUT2D eigenvalue weighted by Gasteiger charge is -2.30. The topological polar surface area (TPSA) is 64.1 Å². The molecule has 176 valence electrons. The van der Waals surface area contributed by atoms with E-state index in [4.69, 9.17) is 0 Å². The average molecular weight is 450 g/mol. The molecule has 6 nitrogen and oxygen atoms in total. The molecule has 0 fully saturated rings. The van der Waals surface area contributed by atoms with Crippen LogP contribution in [0.4, 0.5) is 17.1 Å².